The number of halogens is 1. The zero-order chi connectivity index (χ0) is 14.8. The topological polar surface area (TPSA) is 20.3 Å². The minimum Gasteiger partial charge on any atom is -0.292 e. The minimum absolute atomic E-state index is 0.0424. The molecule has 1 aromatic carbocycles. The molecule has 1 atom stereocenters. The molecule has 1 saturated heterocycles. The second-order valence-electron chi connectivity index (χ2n) is 5.97. The van der Waals surface area contributed by atoms with Crippen molar-refractivity contribution >= 4 is 5.78 Å². The smallest absolute Gasteiger partial charge is 0.182 e. The number of carbonyl (C=O) groups excluding carboxylic acids is 1. The largest absolute Gasteiger partial charge is 0.292 e. The monoisotopic (exact) mass is 277 g/mol. The molecule has 1 fully saturated rings. The lowest BCUT2D eigenvalue weighted by Crippen LogP contribution is -2.53. The Morgan fingerprint density at radius 1 is 1.30 bits per heavy atom. The summed E-state index contributed by atoms with van der Waals surface area (Å²) in [6, 6.07) is 4.82. The maximum atomic E-state index is 13.7. The van der Waals surface area contributed by atoms with Gasteiger partial charge in [0.2, 0.25) is 0 Å². The number of benzene rings is 1. The average Bonchev–Trinajstić information content (AvgIpc) is 2.49. The van der Waals surface area contributed by atoms with Crippen molar-refractivity contribution in [2.75, 3.05) is 13.1 Å². The lowest BCUT2D eigenvalue weighted by atomic mass is 9.85. The molecule has 0 aliphatic carbocycles. The highest BCUT2D eigenvalue weighted by Crippen LogP contribution is 2.28. The Morgan fingerprint density at radius 2 is 1.95 bits per heavy atom. The second-order valence-corrected chi connectivity index (χ2v) is 5.97. The van der Waals surface area contributed by atoms with E-state index in [1.54, 1.807) is 19.1 Å². The van der Waals surface area contributed by atoms with Gasteiger partial charge in [0.15, 0.2) is 5.78 Å². The predicted molar refractivity (Wildman–Crippen MR) is 79.6 cm³/mol. The summed E-state index contributed by atoms with van der Waals surface area (Å²) < 4.78 is 13.7. The van der Waals surface area contributed by atoms with Crippen LogP contribution < -0.4 is 0 Å². The van der Waals surface area contributed by atoms with Crippen LogP contribution in [0.5, 0.6) is 0 Å². The maximum Gasteiger partial charge on any atom is 0.182 e. The van der Waals surface area contributed by atoms with E-state index < -0.39 is 5.54 Å². The third-order valence-electron chi connectivity index (χ3n) is 4.67. The Labute approximate surface area is 121 Å². The van der Waals surface area contributed by atoms with E-state index in [2.05, 4.69) is 4.90 Å². The quantitative estimate of drug-likeness (QED) is 0.776. The van der Waals surface area contributed by atoms with Crippen LogP contribution in [-0.2, 0) is 0 Å². The highest BCUT2D eigenvalue weighted by molar-refractivity contribution is 6.03. The van der Waals surface area contributed by atoms with Gasteiger partial charge in [-0.05, 0) is 57.8 Å². The highest BCUT2D eigenvalue weighted by atomic mass is 19.1. The van der Waals surface area contributed by atoms with Gasteiger partial charge in [-0.3, -0.25) is 9.69 Å². The molecule has 0 bridgehead atoms. The van der Waals surface area contributed by atoms with E-state index in [1.165, 1.54) is 12.5 Å². The van der Waals surface area contributed by atoms with Gasteiger partial charge in [-0.25, -0.2) is 4.39 Å². The predicted octanol–water partition coefficient (Wildman–Crippen LogP) is 3.97. The molecule has 0 N–H and O–H groups in total. The molecule has 20 heavy (non-hydrogen) atoms. The molecule has 1 aliphatic heterocycles. The van der Waals surface area contributed by atoms with Crippen molar-refractivity contribution in [3.05, 3.63) is 35.1 Å². The van der Waals surface area contributed by atoms with E-state index in [9.17, 15) is 9.18 Å². The number of likely N-dealkylation sites (tertiary alicyclic amines) is 1. The number of piperidine rings is 1. The van der Waals surface area contributed by atoms with Gasteiger partial charge >= 0.3 is 0 Å². The van der Waals surface area contributed by atoms with Crippen molar-refractivity contribution in [3.8, 4) is 0 Å². The fraction of sp³-hybridized carbons (Fsp3) is 0.588. The molecular weight excluding hydrogens is 253 g/mol. The summed E-state index contributed by atoms with van der Waals surface area (Å²) in [5.74, 6) is -0.256. The van der Waals surface area contributed by atoms with Gasteiger partial charge in [0.1, 0.15) is 5.82 Å². The molecular formula is C17H24FNO. The number of Topliss-reactive ketones (excluding diaryl/α,β-unsaturated/α-hetero) is 1. The summed E-state index contributed by atoms with van der Waals surface area (Å²) in [7, 11) is 0. The average molecular weight is 277 g/mol. The molecule has 3 heteroatoms. The fourth-order valence-corrected chi connectivity index (χ4v) is 2.96. The SMILES string of the molecule is CCC(C)(C(=O)c1ccc(C)c(F)c1)N1CCCCC1. The van der Waals surface area contributed by atoms with Crippen LogP contribution in [0.1, 0.15) is 55.5 Å². The molecule has 0 spiro atoms. The van der Waals surface area contributed by atoms with Gasteiger partial charge < -0.3 is 0 Å². The van der Waals surface area contributed by atoms with Gasteiger partial charge in [-0.15, -0.1) is 0 Å². The van der Waals surface area contributed by atoms with Gasteiger partial charge in [-0.2, -0.15) is 0 Å². The highest BCUT2D eigenvalue weighted by Gasteiger charge is 2.38. The van der Waals surface area contributed by atoms with Gasteiger partial charge in [-0.1, -0.05) is 25.5 Å². The molecule has 0 radical (unpaired) electrons. The summed E-state index contributed by atoms with van der Waals surface area (Å²) in [6.45, 7) is 7.68. The molecule has 1 unspecified atom stereocenters. The van der Waals surface area contributed by atoms with Crippen LogP contribution >= 0.6 is 0 Å². The first kappa shape index (κ1) is 15.2. The number of hydrogen-bond acceptors (Lipinski definition) is 2. The van der Waals surface area contributed by atoms with Crippen molar-refractivity contribution < 1.29 is 9.18 Å². The fourth-order valence-electron chi connectivity index (χ4n) is 2.96. The van der Waals surface area contributed by atoms with E-state index in [0.29, 0.717) is 11.1 Å². The molecule has 0 aromatic heterocycles. The van der Waals surface area contributed by atoms with E-state index in [0.717, 1.165) is 32.4 Å². The van der Waals surface area contributed by atoms with Crippen LogP contribution in [-0.4, -0.2) is 29.3 Å². The number of nitrogens with zero attached hydrogens (tertiary/aromatic N) is 1. The Morgan fingerprint density at radius 3 is 2.50 bits per heavy atom. The van der Waals surface area contributed by atoms with Crippen LogP contribution in [0.25, 0.3) is 0 Å². The molecule has 2 nitrogen and oxygen atoms in total. The number of aryl methyl sites for hydroxylation is 1. The lowest BCUT2D eigenvalue weighted by Gasteiger charge is -2.41. The zero-order valence-corrected chi connectivity index (χ0v) is 12.7. The molecule has 110 valence electrons. The van der Waals surface area contributed by atoms with Gasteiger partial charge in [0, 0.05) is 5.56 Å². The Balaban J connectivity index is 2.29. The third-order valence-corrected chi connectivity index (χ3v) is 4.67. The Bertz CT molecular complexity index is 494. The van der Waals surface area contributed by atoms with Crippen molar-refractivity contribution in [1.29, 1.82) is 0 Å². The summed E-state index contributed by atoms with van der Waals surface area (Å²) in [5, 5.41) is 0. The molecule has 1 heterocycles. The summed E-state index contributed by atoms with van der Waals surface area (Å²) in [4.78, 5) is 15.1. The maximum absolute atomic E-state index is 13.7. The molecule has 0 amide bonds. The summed E-state index contributed by atoms with van der Waals surface area (Å²) in [5.41, 5.74) is 0.558. The van der Waals surface area contributed by atoms with Crippen LogP contribution in [0, 0.1) is 12.7 Å². The summed E-state index contributed by atoms with van der Waals surface area (Å²) in [6.07, 6.45) is 4.28. The number of carbonyl (C=O) groups is 1. The zero-order valence-electron chi connectivity index (χ0n) is 12.7. The minimum atomic E-state index is -0.512. The van der Waals surface area contributed by atoms with E-state index in [1.807, 2.05) is 13.8 Å². The van der Waals surface area contributed by atoms with Gasteiger partial charge in [0.05, 0.1) is 5.54 Å². The van der Waals surface area contributed by atoms with Crippen LogP contribution in [0.2, 0.25) is 0 Å². The van der Waals surface area contributed by atoms with Crippen molar-refractivity contribution in [1.82, 2.24) is 4.90 Å². The van der Waals surface area contributed by atoms with Crippen LogP contribution in [0.3, 0.4) is 0 Å². The number of hydrogen-bond donors (Lipinski definition) is 0. The normalized spacial score (nSPS) is 19.6. The lowest BCUT2D eigenvalue weighted by molar-refractivity contribution is 0.0505. The van der Waals surface area contributed by atoms with E-state index in [4.69, 9.17) is 0 Å². The standard InChI is InChI=1S/C17H24FNO/c1-4-17(3,19-10-6-5-7-11-19)16(20)14-9-8-13(2)15(18)12-14/h8-9,12H,4-7,10-11H2,1-3H3. The van der Waals surface area contributed by atoms with E-state index in [-0.39, 0.29) is 11.6 Å². The Kier molecular flexibility index (Phi) is 4.59. The molecule has 1 aliphatic rings. The molecule has 1 aromatic rings. The second kappa shape index (κ2) is 6.04. The Hall–Kier alpha value is -1.22. The molecule has 2 rings (SSSR count). The molecule has 0 saturated carbocycles. The first-order valence-electron chi connectivity index (χ1n) is 7.55. The first-order valence-corrected chi connectivity index (χ1v) is 7.55. The van der Waals surface area contributed by atoms with E-state index >= 15 is 0 Å². The van der Waals surface area contributed by atoms with Crippen LogP contribution in [0.4, 0.5) is 4.39 Å². The third kappa shape index (κ3) is 2.78. The van der Waals surface area contributed by atoms with Crippen LogP contribution in [0.15, 0.2) is 18.2 Å². The summed E-state index contributed by atoms with van der Waals surface area (Å²) >= 11 is 0. The number of ketones is 1. The van der Waals surface area contributed by atoms with Gasteiger partial charge in [0.25, 0.3) is 0 Å². The van der Waals surface area contributed by atoms with Crippen molar-refractivity contribution in [3.63, 3.8) is 0 Å². The number of rotatable bonds is 4. The first-order chi connectivity index (χ1) is 9.49. The van der Waals surface area contributed by atoms with Crippen molar-refractivity contribution in [2.45, 2.75) is 52.0 Å². The van der Waals surface area contributed by atoms with Crippen molar-refractivity contribution in [2.24, 2.45) is 0 Å².